The highest BCUT2D eigenvalue weighted by molar-refractivity contribution is 5.95. The Kier molecular flexibility index (Phi) is 6.02. The van der Waals surface area contributed by atoms with Gasteiger partial charge in [0.1, 0.15) is 0 Å². The molecule has 150 valence electrons. The van der Waals surface area contributed by atoms with Crippen molar-refractivity contribution in [3.8, 4) is 17.2 Å². The molecule has 1 amide bonds. The summed E-state index contributed by atoms with van der Waals surface area (Å²) in [5.41, 5.74) is 0.900. The fraction of sp³-hybridized carbons (Fsp3) is 0.381. The number of hydrogen-bond donors (Lipinski definition) is 0. The van der Waals surface area contributed by atoms with Gasteiger partial charge in [-0.3, -0.25) is 4.79 Å². The maximum Gasteiger partial charge on any atom is 0.256 e. The van der Waals surface area contributed by atoms with E-state index in [0.29, 0.717) is 24.6 Å². The third-order valence-corrected chi connectivity index (χ3v) is 5.03. The van der Waals surface area contributed by atoms with Crippen molar-refractivity contribution in [2.24, 2.45) is 5.92 Å². The number of benzene rings is 2. The van der Waals surface area contributed by atoms with E-state index in [1.807, 2.05) is 18.2 Å². The van der Waals surface area contributed by atoms with E-state index in [1.54, 1.807) is 19.1 Å². The Bertz CT molecular complexity index is 872. The lowest BCUT2D eigenvalue weighted by atomic mass is 9.98. The van der Waals surface area contributed by atoms with Gasteiger partial charge >= 0.3 is 0 Å². The van der Waals surface area contributed by atoms with Crippen molar-refractivity contribution >= 4 is 5.91 Å². The van der Waals surface area contributed by atoms with Crippen LogP contribution in [0.25, 0.3) is 0 Å². The average molecular weight is 391 g/mol. The van der Waals surface area contributed by atoms with Crippen LogP contribution in [0.2, 0.25) is 0 Å². The minimum atomic E-state index is -0.962. The van der Waals surface area contributed by atoms with E-state index >= 15 is 0 Å². The molecule has 5 nitrogen and oxygen atoms in total. The summed E-state index contributed by atoms with van der Waals surface area (Å²) in [6, 6.07) is 7.96. The minimum Gasteiger partial charge on any atom is -0.493 e. The van der Waals surface area contributed by atoms with Gasteiger partial charge in [-0.05, 0) is 48.6 Å². The van der Waals surface area contributed by atoms with Crippen molar-refractivity contribution in [1.29, 1.82) is 0 Å². The summed E-state index contributed by atoms with van der Waals surface area (Å²) < 4.78 is 43.3. The predicted molar refractivity (Wildman–Crippen MR) is 100 cm³/mol. The number of amides is 1. The van der Waals surface area contributed by atoms with Crippen molar-refractivity contribution in [3.05, 3.63) is 53.1 Å². The van der Waals surface area contributed by atoms with E-state index in [0.717, 1.165) is 30.5 Å². The Labute approximate surface area is 162 Å². The molecule has 1 aliphatic heterocycles. The molecule has 0 radical (unpaired) electrons. The molecule has 0 bridgehead atoms. The normalized spacial score (nSPS) is 16.2. The largest absolute Gasteiger partial charge is 0.493 e. The first kappa shape index (κ1) is 19.9. The second kappa shape index (κ2) is 8.46. The molecule has 1 atom stereocenters. The van der Waals surface area contributed by atoms with Crippen molar-refractivity contribution in [3.63, 3.8) is 0 Å². The maximum absolute atomic E-state index is 14.4. The number of carbonyl (C=O) groups excluding carboxylic acids is 1. The quantitative estimate of drug-likeness (QED) is 0.754. The average Bonchev–Trinajstić information content (AvgIpc) is 3.16. The summed E-state index contributed by atoms with van der Waals surface area (Å²) >= 11 is 0. The molecule has 1 unspecified atom stereocenters. The molecule has 0 N–H and O–H groups in total. The fourth-order valence-electron chi connectivity index (χ4n) is 3.58. The maximum atomic E-state index is 14.4. The van der Waals surface area contributed by atoms with E-state index in [4.69, 9.17) is 14.2 Å². The topological polar surface area (TPSA) is 48.0 Å². The van der Waals surface area contributed by atoms with Crippen LogP contribution >= 0.6 is 0 Å². The number of hydrogen-bond acceptors (Lipinski definition) is 4. The van der Waals surface area contributed by atoms with Crippen molar-refractivity contribution in [1.82, 2.24) is 4.90 Å². The summed E-state index contributed by atoms with van der Waals surface area (Å²) in [7, 11) is 4.34. The molecular formula is C21H23F2NO4. The number of ether oxygens (including phenoxy) is 3. The Morgan fingerprint density at radius 3 is 2.50 bits per heavy atom. The SMILES string of the molecule is COc1ccc(CC2CCN(C(=O)c3ccc(F)c(OC)c3F)C2)cc1OC. The summed E-state index contributed by atoms with van der Waals surface area (Å²) in [4.78, 5) is 14.3. The van der Waals surface area contributed by atoms with Crippen LogP contribution in [-0.2, 0) is 6.42 Å². The van der Waals surface area contributed by atoms with Crippen LogP contribution in [0.4, 0.5) is 8.78 Å². The molecule has 28 heavy (non-hydrogen) atoms. The first-order valence-corrected chi connectivity index (χ1v) is 9.00. The first-order chi connectivity index (χ1) is 13.5. The van der Waals surface area contributed by atoms with Crippen LogP contribution in [0.5, 0.6) is 17.2 Å². The van der Waals surface area contributed by atoms with Crippen molar-refractivity contribution in [2.75, 3.05) is 34.4 Å². The molecule has 0 spiro atoms. The first-order valence-electron chi connectivity index (χ1n) is 9.00. The molecule has 3 rings (SSSR count). The van der Waals surface area contributed by atoms with Gasteiger partial charge in [0, 0.05) is 13.1 Å². The molecule has 0 aromatic heterocycles. The zero-order valence-corrected chi connectivity index (χ0v) is 16.1. The smallest absolute Gasteiger partial charge is 0.256 e. The monoisotopic (exact) mass is 391 g/mol. The van der Waals surface area contributed by atoms with Gasteiger partial charge in [-0.1, -0.05) is 6.07 Å². The molecule has 0 aliphatic carbocycles. The Hall–Kier alpha value is -2.83. The van der Waals surface area contributed by atoms with E-state index in [2.05, 4.69) is 0 Å². The third-order valence-electron chi connectivity index (χ3n) is 5.03. The number of rotatable bonds is 6. The lowest BCUT2D eigenvalue weighted by Crippen LogP contribution is -2.29. The standard InChI is InChI=1S/C21H23F2NO4/c1-26-17-7-4-13(11-18(17)27-2)10-14-8-9-24(12-14)21(25)15-5-6-16(22)20(28-3)19(15)23/h4-7,11,14H,8-10,12H2,1-3H3. The molecule has 1 aliphatic rings. The Balaban J connectivity index is 1.70. The lowest BCUT2D eigenvalue weighted by molar-refractivity contribution is 0.0781. The van der Waals surface area contributed by atoms with Crippen LogP contribution in [0.1, 0.15) is 22.3 Å². The van der Waals surface area contributed by atoms with Gasteiger partial charge in [-0.15, -0.1) is 0 Å². The summed E-state index contributed by atoms with van der Waals surface area (Å²) in [6.07, 6.45) is 1.57. The van der Waals surface area contributed by atoms with Crippen molar-refractivity contribution < 1.29 is 27.8 Å². The summed E-state index contributed by atoms with van der Waals surface area (Å²) in [5, 5.41) is 0. The molecule has 2 aromatic rings. The summed E-state index contributed by atoms with van der Waals surface area (Å²) in [5.74, 6) is -1.22. The van der Waals surface area contributed by atoms with Crippen LogP contribution in [0.15, 0.2) is 30.3 Å². The number of carbonyl (C=O) groups is 1. The molecule has 7 heteroatoms. The lowest BCUT2D eigenvalue weighted by Gasteiger charge is -2.18. The molecule has 1 fully saturated rings. The number of methoxy groups -OCH3 is 3. The van der Waals surface area contributed by atoms with Gasteiger partial charge in [-0.25, -0.2) is 8.78 Å². The van der Waals surface area contributed by atoms with Gasteiger partial charge < -0.3 is 19.1 Å². The van der Waals surface area contributed by atoms with Gasteiger partial charge in [0.2, 0.25) is 0 Å². The molecule has 1 heterocycles. The van der Waals surface area contributed by atoms with Crippen LogP contribution in [0.3, 0.4) is 0 Å². The van der Waals surface area contributed by atoms with Gasteiger partial charge in [-0.2, -0.15) is 0 Å². The van der Waals surface area contributed by atoms with E-state index in [-0.39, 0.29) is 11.5 Å². The third kappa shape index (κ3) is 3.88. The fourth-order valence-corrected chi connectivity index (χ4v) is 3.58. The zero-order chi connectivity index (χ0) is 20.3. The second-order valence-electron chi connectivity index (χ2n) is 6.74. The van der Waals surface area contributed by atoms with Gasteiger partial charge in [0.25, 0.3) is 5.91 Å². The van der Waals surface area contributed by atoms with Gasteiger partial charge in [0.15, 0.2) is 28.9 Å². The summed E-state index contributed by atoms with van der Waals surface area (Å²) in [6.45, 7) is 1.03. The molecule has 1 saturated heterocycles. The van der Waals surface area contributed by atoms with E-state index < -0.39 is 23.3 Å². The molecule has 2 aromatic carbocycles. The van der Waals surface area contributed by atoms with Crippen LogP contribution in [0, 0.1) is 17.6 Å². The van der Waals surface area contributed by atoms with Gasteiger partial charge in [0.05, 0.1) is 26.9 Å². The highest BCUT2D eigenvalue weighted by atomic mass is 19.1. The number of likely N-dealkylation sites (tertiary alicyclic amines) is 1. The molecule has 0 saturated carbocycles. The number of halogens is 2. The van der Waals surface area contributed by atoms with Crippen LogP contribution in [-0.4, -0.2) is 45.2 Å². The Morgan fingerprint density at radius 1 is 1.07 bits per heavy atom. The Morgan fingerprint density at radius 2 is 1.82 bits per heavy atom. The zero-order valence-electron chi connectivity index (χ0n) is 16.1. The highest BCUT2D eigenvalue weighted by Crippen LogP contribution is 2.31. The predicted octanol–water partition coefficient (Wildman–Crippen LogP) is 3.70. The highest BCUT2D eigenvalue weighted by Gasteiger charge is 2.30. The van der Waals surface area contributed by atoms with Crippen LogP contribution < -0.4 is 14.2 Å². The van der Waals surface area contributed by atoms with E-state index in [1.165, 1.54) is 7.11 Å². The number of nitrogens with zero attached hydrogens (tertiary/aromatic N) is 1. The van der Waals surface area contributed by atoms with E-state index in [9.17, 15) is 13.6 Å². The molecular weight excluding hydrogens is 368 g/mol. The minimum absolute atomic E-state index is 0.176. The van der Waals surface area contributed by atoms with Crippen molar-refractivity contribution in [2.45, 2.75) is 12.8 Å². The second-order valence-corrected chi connectivity index (χ2v) is 6.74.